The average molecular weight is 293 g/mol. The lowest BCUT2D eigenvalue weighted by molar-refractivity contribution is -0.0303. The topological polar surface area (TPSA) is 18.5 Å². The molecule has 3 rings (SSSR count). The monoisotopic (exact) mass is 293 g/mol. The highest BCUT2D eigenvalue weighted by Gasteiger charge is 2.41. The van der Waals surface area contributed by atoms with E-state index in [1.54, 1.807) is 0 Å². The lowest BCUT2D eigenvalue weighted by Crippen LogP contribution is -2.61. The highest BCUT2D eigenvalue weighted by molar-refractivity contribution is 4.98. The zero-order chi connectivity index (χ0) is 14.7. The molecule has 2 unspecified atom stereocenters. The number of nitrogens with one attached hydrogen (secondary N) is 1. The molecular weight excluding hydrogens is 258 g/mol. The average Bonchev–Trinajstić information content (AvgIpc) is 2.48. The van der Waals surface area contributed by atoms with Crippen molar-refractivity contribution in [2.24, 2.45) is 0 Å². The summed E-state index contributed by atoms with van der Waals surface area (Å²) in [5.41, 5.74) is 0. The molecule has 3 heteroatoms. The molecule has 0 aliphatic carbocycles. The Labute approximate surface area is 131 Å². The number of piperidine rings is 3. The van der Waals surface area contributed by atoms with Crippen LogP contribution in [-0.2, 0) is 0 Å². The molecule has 3 heterocycles. The summed E-state index contributed by atoms with van der Waals surface area (Å²) in [5, 5.41) is 3.73. The largest absolute Gasteiger partial charge is 0.314 e. The fourth-order valence-electron chi connectivity index (χ4n) is 5.23. The second-order valence-electron chi connectivity index (χ2n) is 7.48. The van der Waals surface area contributed by atoms with Crippen molar-refractivity contribution in [2.45, 2.75) is 89.4 Å². The van der Waals surface area contributed by atoms with Crippen LogP contribution in [0.4, 0.5) is 0 Å². The Hall–Kier alpha value is -0.120. The summed E-state index contributed by atoms with van der Waals surface area (Å²) in [4.78, 5) is 5.66. The first-order valence-electron chi connectivity index (χ1n) is 9.55. The number of hydrogen-bond acceptors (Lipinski definition) is 3. The third-order valence-electron chi connectivity index (χ3n) is 6.04. The quantitative estimate of drug-likeness (QED) is 0.841. The highest BCUT2D eigenvalue weighted by Crippen LogP contribution is 2.37. The molecule has 0 aromatic heterocycles. The van der Waals surface area contributed by atoms with E-state index in [0.29, 0.717) is 0 Å². The predicted molar refractivity (Wildman–Crippen MR) is 89.7 cm³/mol. The molecule has 3 fully saturated rings. The number of hydrogen-bond donors (Lipinski definition) is 1. The van der Waals surface area contributed by atoms with Crippen LogP contribution in [0.3, 0.4) is 0 Å². The molecule has 0 spiro atoms. The third kappa shape index (κ3) is 3.62. The van der Waals surface area contributed by atoms with Crippen molar-refractivity contribution >= 4 is 0 Å². The van der Waals surface area contributed by atoms with Crippen LogP contribution in [0.1, 0.15) is 65.2 Å². The molecule has 0 aromatic rings. The highest BCUT2D eigenvalue weighted by atomic mass is 15.3. The minimum atomic E-state index is 0.793. The number of rotatable bonds is 5. The van der Waals surface area contributed by atoms with E-state index < -0.39 is 0 Å². The van der Waals surface area contributed by atoms with Crippen LogP contribution in [0.15, 0.2) is 0 Å². The van der Waals surface area contributed by atoms with Crippen LogP contribution in [0.2, 0.25) is 0 Å². The van der Waals surface area contributed by atoms with Gasteiger partial charge in [0.2, 0.25) is 0 Å². The fourth-order valence-corrected chi connectivity index (χ4v) is 5.23. The van der Waals surface area contributed by atoms with E-state index in [2.05, 4.69) is 29.0 Å². The van der Waals surface area contributed by atoms with Crippen LogP contribution < -0.4 is 5.32 Å². The predicted octanol–water partition coefficient (Wildman–Crippen LogP) is 2.86. The minimum Gasteiger partial charge on any atom is -0.314 e. The standard InChI is InChI=1S/C18H35N3/c1-3-10-20-11-8-16(9-12-20)21-17-6-5-7-18(21)14-15(13-17)19-4-2/h15-19H,3-14H2,1-2H3. The first-order valence-corrected chi connectivity index (χ1v) is 9.55. The van der Waals surface area contributed by atoms with Gasteiger partial charge in [-0.3, -0.25) is 4.90 Å². The minimum absolute atomic E-state index is 0.793. The summed E-state index contributed by atoms with van der Waals surface area (Å²) in [6, 6.07) is 3.44. The maximum Gasteiger partial charge on any atom is 0.0125 e. The molecule has 3 saturated heterocycles. The van der Waals surface area contributed by atoms with Gasteiger partial charge < -0.3 is 10.2 Å². The van der Waals surface area contributed by atoms with Crippen molar-refractivity contribution in [1.82, 2.24) is 15.1 Å². The van der Waals surface area contributed by atoms with Gasteiger partial charge in [0.25, 0.3) is 0 Å². The molecule has 0 amide bonds. The third-order valence-corrected chi connectivity index (χ3v) is 6.04. The molecule has 122 valence electrons. The maximum absolute atomic E-state index is 3.73. The van der Waals surface area contributed by atoms with Gasteiger partial charge >= 0.3 is 0 Å². The molecule has 3 aliphatic heterocycles. The summed E-state index contributed by atoms with van der Waals surface area (Å²) in [6.45, 7) is 9.69. The van der Waals surface area contributed by atoms with Crippen molar-refractivity contribution in [3.05, 3.63) is 0 Å². The lowest BCUT2D eigenvalue weighted by atomic mass is 9.79. The van der Waals surface area contributed by atoms with Crippen molar-refractivity contribution < 1.29 is 0 Å². The molecular formula is C18H35N3. The summed E-state index contributed by atoms with van der Waals surface area (Å²) in [7, 11) is 0. The van der Waals surface area contributed by atoms with Crippen LogP contribution in [0, 0.1) is 0 Å². The summed E-state index contributed by atoms with van der Waals surface area (Å²) in [6.07, 6.45) is 11.3. The van der Waals surface area contributed by atoms with Gasteiger partial charge in [-0.05, 0) is 71.1 Å². The first-order chi connectivity index (χ1) is 10.3. The molecule has 21 heavy (non-hydrogen) atoms. The lowest BCUT2D eigenvalue weighted by Gasteiger charge is -2.54. The number of nitrogens with zero attached hydrogens (tertiary/aromatic N) is 2. The van der Waals surface area contributed by atoms with Gasteiger partial charge in [-0.25, -0.2) is 0 Å². The van der Waals surface area contributed by atoms with Crippen molar-refractivity contribution in [1.29, 1.82) is 0 Å². The second-order valence-corrected chi connectivity index (χ2v) is 7.48. The van der Waals surface area contributed by atoms with Crippen molar-refractivity contribution in [3.63, 3.8) is 0 Å². The van der Waals surface area contributed by atoms with E-state index in [9.17, 15) is 0 Å². The Morgan fingerprint density at radius 3 is 2.14 bits per heavy atom. The Morgan fingerprint density at radius 1 is 0.905 bits per heavy atom. The molecule has 2 bridgehead atoms. The second kappa shape index (κ2) is 7.43. The number of likely N-dealkylation sites (tertiary alicyclic amines) is 1. The zero-order valence-corrected chi connectivity index (χ0v) is 14.2. The van der Waals surface area contributed by atoms with Crippen LogP contribution in [-0.4, -0.2) is 60.1 Å². The van der Waals surface area contributed by atoms with E-state index in [-0.39, 0.29) is 0 Å². The SMILES string of the molecule is CCCN1CCC(N2C3CCCC2CC(NCC)C3)CC1. The van der Waals surface area contributed by atoms with Gasteiger partial charge in [-0.2, -0.15) is 0 Å². The molecule has 0 radical (unpaired) electrons. The van der Waals surface area contributed by atoms with Gasteiger partial charge in [0.05, 0.1) is 0 Å². The van der Waals surface area contributed by atoms with Crippen LogP contribution >= 0.6 is 0 Å². The normalized spacial score (nSPS) is 36.0. The van der Waals surface area contributed by atoms with E-state index in [1.165, 1.54) is 71.0 Å². The van der Waals surface area contributed by atoms with E-state index in [4.69, 9.17) is 0 Å². The van der Waals surface area contributed by atoms with Gasteiger partial charge in [0, 0.05) is 24.2 Å². The van der Waals surface area contributed by atoms with E-state index in [0.717, 1.165) is 30.7 Å². The van der Waals surface area contributed by atoms with E-state index in [1.807, 2.05) is 0 Å². The first kappa shape index (κ1) is 15.8. The van der Waals surface area contributed by atoms with Gasteiger partial charge in [-0.15, -0.1) is 0 Å². The summed E-state index contributed by atoms with van der Waals surface area (Å²) in [5.74, 6) is 0. The van der Waals surface area contributed by atoms with Gasteiger partial charge in [0.15, 0.2) is 0 Å². The Bertz CT molecular complexity index is 298. The Morgan fingerprint density at radius 2 is 1.57 bits per heavy atom. The summed E-state index contributed by atoms with van der Waals surface area (Å²) >= 11 is 0. The number of fused-ring (bicyclic) bond motifs is 2. The molecule has 1 N–H and O–H groups in total. The molecule has 0 aromatic carbocycles. The Kier molecular flexibility index (Phi) is 5.58. The Balaban J connectivity index is 1.58. The van der Waals surface area contributed by atoms with E-state index >= 15 is 0 Å². The van der Waals surface area contributed by atoms with Gasteiger partial charge in [-0.1, -0.05) is 20.3 Å². The molecule has 2 atom stereocenters. The molecule has 3 nitrogen and oxygen atoms in total. The zero-order valence-electron chi connectivity index (χ0n) is 14.2. The smallest absolute Gasteiger partial charge is 0.0125 e. The van der Waals surface area contributed by atoms with Crippen molar-refractivity contribution in [2.75, 3.05) is 26.2 Å². The van der Waals surface area contributed by atoms with Gasteiger partial charge in [0.1, 0.15) is 0 Å². The molecule has 3 aliphatic rings. The van der Waals surface area contributed by atoms with Crippen molar-refractivity contribution in [3.8, 4) is 0 Å². The maximum atomic E-state index is 3.73. The van der Waals surface area contributed by atoms with Crippen LogP contribution in [0.25, 0.3) is 0 Å². The summed E-state index contributed by atoms with van der Waals surface area (Å²) < 4.78 is 0. The fraction of sp³-hybridized carbons (Fsp3) is 1.00. The molecule has 0 saturated carbocycles. The van der Waals surface area contributed by atoms with Crippen LogP contribution in [0.5, 0.6) is 0 Å².